The summed E-state index contributed by atoms with van der Waals surface area (Å²) in [5, 5.41) is 9.41. The minimum absolute atomic E-state index is 0.0434. The number of nitrogens with zero attached hydrogens (tertiary/aromatic N) is 2. The van der Waals surface area contributed by atoms with Gasteiger partial charge in [-0.25, -0.2) is 14.0 Å². The summed E-state index contributed by atoms with van der Waals surface area (Å²) in [5.74, 6) is -1.93. The Morgan fingerprint density at radius 2 is 2.13 bits per heavy atom. The smallest absolute Gasteiger partial charge is 0.407 e. The first kappa shape index (κ1) is 21.8. The van der Waals surface area contributed by atoms with E-state index >= 15 is 0 Å². The first-order valence-electron chi connectivity index (χ1n) is 9.14. The van der Waals surface area contributed by atoms with Crippen molar-refractivity contribution in [2.45, 2.75) is 12.6 Å². The van der Waals surface area contributed by atoms with Gasteiger partial charge in [0, 0.05) is 31.7 Å². The lowest BCUT2D eigenvalue weighted by Crippen LogP contribution is -2.38. The van der Waals surface area contributed by atoms with E-state index in [1.165, 1.54) is 47.0 Å². The number of carbonyl (C=O) groups is 2. The molecular weight excluding hydrogens is 419 g/mol. The monoisotopic (exact) mass is 438 g/mol. The Labute approximate surface area is 176 Å². The zero-order valence-corrected chi connectivity index (χ0v) is 16.8. The fourth-order valence-corrected chi connectivity index (χ4v) is 3.60. The van der Waals surface area contributed by atoms with Crippen LogP contribution in [0.4, 0.5) is 9.18 Å². The number of hydrogen-bond donors (Lipinski definition) is 1. The predicted octanol–water partition coefficient (Wildman–Crippen LogP) is 2.80. The highest BCUT2D eigenvalue weighted by Crippen LogP contribution is 2.32. The first-order chi connectivity index (χ1) is 14.3. The molecule has 2 atom stereocenters. The van der Waals surface area contributed by atoms with E-state index in [4.69, 9.17) is 16.3 Å². The Balaban J connectivity index is 1.99. The second-order valence-electron chi connectivity index (χ2n) is 6.82. The van der Waals surface area contributed by atoms with E-state index in [1.807, 2.05) is 0 Å². The third-order valence-electron chi connectivity index (χ3n) is 4.94. The summed E-state index contributed by atoms with van der Waals surface area (Å²) in [6, 6.07) is 7.12. The molecule has 1 aromatic carbocycles. The molecule has 0 radical (unpaired) electrons. The van der Waals surface area contributed by atoms with E-state index in [2.05, 4.69) is 4.74 Å². The van der Waals surface area contributed by atoms with Crippen LogP contribution in [0.1, 0.15) is 22.0 Å². The molecule has 0 saturated carbocycles. The molecule has 160 valence electrons. The molecule has 30 heavy (non-hydrogen) atoms. The molecule has 1 fully saturated rings. The second kappa shape index (κ2) is 9.27. The van der Waals surface area contributed by atoms with Crippen LogP contribution in [0.15, 0.2) is 41.3 Å². The lowest BCUT2D eigenvalue weighted by atomic mass is 9.94. The molecule has 1 aromatic heterocycles. The van der Waals surface area contributed by atoms with E-state index in [1.54, 1.807) is 6.07 Å². The summed E-state index contributed by atoms with van der Waals surface area (Å²) in [5.41, 5.74) is -0.235. The maximum atomic E-state index is 14.0. The maximum absolute atomic E-state index is 14.0. The number of aromatic nitrogens is 1. The van der Waals surface area contributed by atoms with E-state index in [-0.39, 0.29) is 36.8 Å². The summed E-state index contributed by atoms with van der Waals surface area (Å²) in [7, 11) is 1.17. The van der Waals surface area contributed by atoms with Gasteiger partial charge in [0.2, 0.25) is 0 Å². The molecular formula is C20H20ClFN2O6. The third kappa shape index (κ3) is 4.63. The number of methoxy groups -OCH3 is 1. The van der Waals surface area contributed by atoms with Gasteiger partial charge in [-0.1, -0.05) is 17.7 Å². The van der Waals surface area contributed by atoms with Crippen LogP contribution in [0.5, 0.6) is 0 Å². The number of carboxylic acid groups (broad SMARTS) is 1. The Kier molecular flexibility index (Phi) is 6.73. The Morgan fingerprint density at radius 3 is 2.80 bits per heavy atom. The van der Waals surface area contributed by atoms with Gasteiger partial charge in [-0.15, -0.1) is 0 Å². The van der Waals surface area contributed by atoms with E-state index in [0.717, 1.165) is 0 Å². The molecule has 2 aromatic rings. The SMILES string of the molecule is COC(=O)c1cccn(C[C@@H]2CN(C(=O)O)CCO[C@H]2c2ccc(Cl)c(F)c2)c1=O. The molecule has 1 N–H and O–H groups in total. The van der Waals surface area contributed by atoms with Gasteiger partial charge in [-0.3, -0.25) is 4.79 Å². The van der Waals surface area contributed by atoms with Crippen molar-refractivity contribution in [1.82, 2.24) is 9.47 Å². The van der Waals surface area contributed by atoms with E-state index in [0.29, 0.717) is 5.56 Å². The Morgan fingerprint density at radius 1 is 1.37 bits per heavy atom. The number of rotatable bonds is 4. The topological polar surface area (TPSA) is 98.1 Å². The Bertz CT molecular complexity index is 1010. The molecule has 2 heterocycles. The minimum atomic E-state index is -1.12. The largest absolute Gasteiger partial charge is 0.465 e. The molecule has 0 bridgehead atoms. The normalized spacial score (nSPS) is 19.2. The van der Waals surface area contributed by atoms with Crippen LogP contribution in [-0.2, 0) is 16.0 Å². The molecule has 1 amide bonds. The molecule has 1 aliphatic heterocycles. The van der Waals surface area contributed by atoms with Gasteiger partial charge >= 0.3 is 12.1 Å². The van der Waals surface area contributed by atoms with Crippen molar-refractivity contribution in [3.63, 3.8) is 0 Å². The molecule has 8 nitrogen and oxygen atoms in total. The van der Waals surface area contributed by atoms with Gasteiger partial charge in [0.15, 0.2) is 0 Å². The van der Waals surface area contributed by atoms with Crippen molar-refractivity contribution < 1.29 is 28.6 Å². The number of pyridine rings is 1. The van der Waals surface area contributed by atoms with Gasteiger partial charge in [0.1, 0.15) is 11.4 Å². The zero-order valence-electron chi connectivity index (χ0n) is 16.1. The van der Waals surface area contributed by atoms with Crippen LogP contribution in [0.2, 0.25) is 5.02 Å². The van der Waals surface area contributed by atoms with Crippen molar-refractivity contribution in [1.29, 1.82) is 0 Å². The first-order valence-corrected chi connectivity index (χ1v) is 9.51. The van der Waals surface area contributed by atoms with Gasteiger partial charge < -0.3 is 24.0 Å². The number of carbonyl (C=O) groups excluding carboxylic acids is 1. The van der Waals surface area contributed by atoms with Gasteiger partial charge in [0.05, 0.1) is 24.8 Å². The number of amides is 1. The highest BCUT2D eigenvalue weighted by atomic mass is 35.5. The maximum Gasteiger partial charge on any atom is 0.407 e. The standard InChI is InChI=1S/C20H20ClFN2O6/c1-29-19(26)14-3-2-6-23(18(14)25)10-13-11-24(20(27)28)7-8-30-17(13)12-4-5-15(21)16(22)9-12/h2-6,9,13,17H,7-8,10-11H2,1H3,(H,27,28)/t13-,17+/m1/s1. The summed E-state index contributed by atoms with van der Waals surface area (Å²) < 4.78 is 25.8. The fourth-order valence-electron chi connectivity index (χ4n) is 3.48. The number of hydrogen-bond acceptors (Lipinski definition) is 5. The molecule has 1 aliphatic rings. The van der Waals surface area contributed by atoms with E-state index < -0.39 is 35.5 Å². The number of esters is 1. The summed E-state index contributed by atoms with van der Waals surface area (Å²) in [4.78, 5) is 37.3. The van der Waals surface area contributed by atoms with Crippen molar-refractivity contribution in [2.24, 2.45) is 5.92 Å². The minimum Gasteiger partial charge on any atom is -0.465 e. The second-order valence-corrected chi connectivity index (χ2v) is 7.23. The highest BCUT2D eigenvalue weighted by molar-refractivity contribution is 6.30. The average molecular weight is 439 g/mol. The van der Waals surface area contributed by atoms with Crippen molar-refractivity contribution >= 4 is 23.7 Å². The van der Waals surface area contributed by atoms with Crippen LogP contribution in [0.3, 0.4) is 0 Å². The molecule has 3 rings (SSSR count). The predicted molar refractivity (Wildman–Crippen MR) is 105 cm³/mol. The quantitative estimate of drug-likeness (QED) is 0.737. The fraction of sp³-hybridized carbons (Fsp3) is 0.350. The lowest BCUT2D eigenvalue weighted by molar-refractivity contribution is 0.0248. The van der Waals surface area contributed by atoms with Crippen LogP contribution < -0.4 is 5.56 Å². The van der Waals surface area contributed by atoms with E-state index in [9.17, 15) is 23.9 Å². The van der Waals surface area contributed by atoms with Gasteiger partial charge in [-0.2, -0.15) is 0 Å². The van der Waals surface area contributed by atoms with Crippen molar-refractivity contribution in [3.05, 3.63) is 68.8 Å². The number of benzene rings is 1. The van der Waals surface area contributed by atoms with Crippen molar-refractivity contribution in [2.75, 3.05) is 26.8 Å². The molecule has 0 unspecified atom stereocenters. The third-order valence-corrected chi connectivity index (χ3v) is 5.25. The van der Waals surface area contributed by atoms with Crippen LogP contribution in [-0.4, -0.2) is 53.4 Å². The zero-order chi connectivity index (χ0) is 21.8. The molecule has 0 aliphatic carbocycles. The molecule has 1 saturated heterocycles. The average Bonchev–Trinajstić information content (AvgIpc) is 2.94. The van der Waals surface area contributed by atoms with Gasteiger partial charge in [-0.05, 0) is 29.8 Å². The number of ether oxygens (including phenoxy) is 2. The lowest BCUT2D eigenvalue weighted by Gasteiger charge is -2.27. The molecule has 0 spiro atoms. The van der Waals surface area contributed by atoms with Crippen LogP contribution in [0, 0.1) is 11.7 Å². The summed E-state index contributed by atoms with van der Waals surface area (Å²) in [6.07, 6.45) is -0.318. The Hall–Kier alpha value is -2.91. The number of halogens is 2. The summed E-state index contributed by atoms with van der Waals surface area (Å²) >= 11 is 5.77. The summed E-state index contributed by atoms with van der Waals surface area (Å²) in [6.45, 7) is 0.339. The van der Waals surface area contributed by atoms with Crippen molar-refractivity contribution in [3.8, 4) is 0 Å². The van der Waals surface area contributed by atoms with Crippen LogP contribution in [0.25, 0.3) is 0 Å². The molecule has 10 heteroatoms. The highest BCUT2D eigenvalue weighted by Gasteiger charge is 2.32. The van der Waals surface area contributed by atoms with Gasteiger partial charge in [0.25, 0.3) is 5.56 Å². The van der Waals surface area contributed by atoms with Crippen LogP contribution >= 0.6 is 11.6 Å².